The van der Waals surface area contributed by atoms with Crippen LogP contribution in [0.5, 0.6) is 0 Å². The van der Waals surface area contributed by atoms with Crippen LogP contribution in [0, 0.1) is 13.3 Å². The van der Waals surface area contributed by atoms with Crippen LogP contribution >= 0.6 is 13.4 Å². The molecule has 0 aliphatic rings. The fourth-order valence-electron chi connectivity index (χ4n) is 0.780. The molecule has 0 aliphatic heterocycles. The van der Waals surface area contributed by atoms with Gasteiger partial charge in [-0.3, -0.25) is 0 Å². The molecule has 0 radical (unpaired) electrons. The van der Waals surface area contributed by atoms with E-state index in [2.05, 4.69) is 37.5 Å². The average Bonchev–Trinajstić information content (AvgIpc) is 2.21. The van der Waals surface area contributed by atoms with E-state index in [0.717, 1.165) is 6.42 Å². The molecule has 11 heteroatoms. The Morgan fingerprint density at radius 2 is 1.05 bits per heavy atom. The van der Waals surface area contributed by atoms with Gasteiger partial charge < -0.3 is 42.7 Å². The van der Waals surface area contributed by atoms with E-state index >= 15 is 0 Å². The molecule has 0 fully saturated rings. The van der Waals surface area contributed by atoms with Gasteiger partial charge in [-0.1, -0.05) is 39.0 Å². The second-order valence-corrected chi connectivity index (χ2v) is 8.86. The smallest absolute Gasteiger partial charge is 0.343 e. The van der Waals surface area contributed by atoms with Crippen molar-refractivity contribution in [2.45, 2.75) is 59.3 Å². The Morgan fingerprint density at radius 3 is 1.23 bits per heavy atom. The molecule has 0 heterocycles. The number of unbranched alkanes of at least 4 members (excludes halogenated alkanes) is 5. The van der Waals surface area contributed by atoms with Gasteiger partial charge in [-0.05, 0) is 23.6 Å². The van der Waals surface area contributed by atoms with Crippen molar-refractivity contribution < 1.29 is 48.8 Å². The molecule has 0 amide bonds. The fraction of sp³-hybridized carbons (Fsp3) is 0.818. The quantitative estimate of drug-likeness (QED) is 0.164. The fourth-order valence-corrected chi connectivity index (χ4v) is 0.780. The van der Waals surface area contributed by atoms with Crippen LogP contribution in [0.3, 0.4) is 0 Å². The van der Waals surface area contributed by atoms with E-state index in [-0.39, 0.29) is 19.5 Å². The van der Waals surface area contributed by atoms with Crippen molar-refractivity contribution in [2.24, 2.45) is 0 Å². The standard InChI is InChI=1S/C8H17.C3H7.2H3O3PS.Zn/c1-3-5-7-8-6-4-2;1-3-2;2*1-4(2,3)5;/h1,3-8H2,2H3;3H,1-2H3;2*(H3,1,2,3,5);/q2*-1;;;+2. The molecule has 0 rings (SSSR count). The van der Waals surface area contributed by atoms with Gasteiger partial charge in [0.25, 0.3) is 0 Å². The number of rotatable bonds is 5. The van der Waals surface area contributed by atoms with E-state index in [1.54, 1.807) is 0 Å². The van der Waals surface area contributed by atoms with Gasteiger partial charge in [-0.2, -0.15) is 20.3 Å². The van der Waals surface area contributed by atoms with Crippen LogP contribution < -0.4 is 0 Å². The zero-order valence-corrected chi connectivity index (χ0v) is 20.0. The third kappa shape index (κ3) is 208. The van der Waals surface area contributed by atoms with Gasteiger partial charge in [-0.25, -0.2) is 0 Å². The summed E-state index contributed by atoms with van der Waals surface area (Å²) in [5.41, 5.74) is 0. The molecule has 0 aliphatic carbocycles. The van der Waals surface area contributed by atoms with Crippen molar-refractivity contribution in [3.05, 3.63) is 13.3 Å². The van der Waals surface area contributed by atoms with E-state index in [4.69, 9.17) is 29.4 Å². The molecule has 6 nitrogen and oxygen atoms in total. The Kier molecular flexibility index (Phi) is 39.6. The number of hydrogen-bond donors (Lipinski definition) is 6. The van der Waals surface area contributed by atoms with Crippen molar-refractivity contribution in [1.82, 2.24) is 0 Å². The minimum Gasteiger partial charge on any atom is -0.343 e. The summed E-state index contributed by atoms with van der Waals surface area (Å²) in [4.78, 5) is 45.3. The van der Waals surface area contributed by atoms with Crippen molar-refractivity contribution in [3.8, 4) is 0 Å². The van der Waals surface area contributed by atoms with E-state index in [9.17, 15) is 0 Å². The molecule has 0 aromatic rings. The molecule has 6 N–H and O–H groups in total. The maximum atomic E-state index is 7.56. The molecule has 0 saturated heterocycles. The van der Waals surface area contributed by atoms with Crippen LogP contribution in [-0.2, 0) is 43.1 Å². The van der Waals surface area contributed by atoms with Crippen LogP contribution in [0.25, 0.3) is 0 Å². The Labute approximate surface area is 158 Å². The van der Waals surface area contributed by atoms with Crippen molar-refractivity contribution in [2.75, 3.05) is 0 Å². The molecular formula is C11H30O6P2S2Zn. The van der Waals surface area contributed by atoms with Gasteiger partial charge in [0.1, 0.15) is 0 Å². The summed E-state index contributed by atoms with van der Waals surface area (Å²) in [7, 11) is 0. The summed E-state index contributed by atoms with van der Waals surface area (Å²) in [6.45, 7) is 2.41. The summed E-state index contributed by atoms with van der Waals surface area (Å²) in [6.07, 6.45) is 9.98. The molecule has 22 heavy (non-hydrogen) atoms. The molecule has 0 aromatic carbocycles. The summed E-state index contributed by atoms with van der Waals surface area (Å²) in [5.74, 6) is 0. The van der Waals surface area contributed by atoms with Gasteiger partial charge in [0, 0.05) is 0 Å². The van der Waals surface area contributed by atoms with E-state index in [1.807, 2.05) is 20.3 Å². The molecule has 0 spiro atoms. The molecule has 0 atom stereocenters. The normalized spacial score (nSPS) is 9.73. The van der Waals surface area contributed by atoms with Crippen LogP contribution in [0.4, 0.5) is 0 Å². The SMILES string of the molecule is C[CH-]C.OP(O)(O)=S.OP(O)(O)=S.[CH2-]CCCCCCC.[Zn+2]. The third-order valence-electron chi connectivity index (χ3n) is 1.35. The second-order valence-electron chi connectivity index (χ2n) is 3.87. The Hall–Kier alpha value is 1.68. The summed E-state index contributed by atoms with van der Waals surface area (Å²) >= 11 is 7.21. The van der Waals surface area contributed by atoms with Gasteiger partial charge in [-0.15, -0.1) is 0 Å². The molecule has 0 unspecified atom stereocenters. The minimum atomic E-state index is -3.81. The zero-order valence-electron chi connectivity index (χ0n) is 13.6. The Balaban J connectivity index is -0.0000000610. The maximum absolute atomic E-state index is 7.56. The average molecular weight is 450 g/mol. The molecule has 134 valence electrons. The molecule has 0 saturated carbocycles. The predicted molar refractivity (Wildman–Crippen MR) is 96.3 cm³/mol. The largest absolute Gasteiger partial charge is 2.00 e. The topological polar surface area (TPSA) is 121 Å². The maximum Gasteiger partial charge on any atom is 2.00 e. The van der Waals surface area contributed by atoms with Gasteiger partial charge in [0.2, 0.25) is 0 Å². The number of hydrogen-bond acceptors (Lipinski definition) is 2. The third-order valence-corrected chi connectivity index (χ3v) is 1.35. The summed E-state index contributed by atoms with van der Waals surface area (Å²) in [6, 6.07) is 0. The summed E-state index contributed by atoms with van der Waals surface area (Å²) in [5, 5.41) is 0. The second kappa shape index (κ2) is 24.9. The van der Waals surface area contributed by atoms with Crippen molar-refractivity contribution in [3.63, 3.8) is 0 Å². The summed E-state index contributed by atoms with van der Waals surface area (Å²) < 4.78 is 0. The van der Waals surface area contributed by atoms with E-state index < -0.39 is 13.4 Å². The Morgan fingerprint density at radius 1 is 0.818 bits per heavy atom. The van der Waals surface area contributed by atoms with E-state index in [0.29, 0.717) is 0 Å². The predicted octanol–water partition coefficient (Wildman–Crippen LogP) is 2.78. The molecule has 0 bridgehead atoms. The van der Waals surface area contributed by atoms with Gasteiger partial charge >= 0.3 is 32.9 Å². The monoisotopic (exact) mass is 448 g/mol. The molecular weight excluding hydrogens is 420 g/mol. The van der Waals surface area contributed by atoms with Crippen LogP contribution in [-0.4, -0.2) is 29.4 Å². The first kappa shape index (κ1) is 34.9. The van der Waals surface area contributed by atoms with Crippen molar-refractivity contribution >= 4 is 37.1 Å². The van der Waals surface area contributed by atoms with Gasteiger partial charge in [0.15, 0.2) is 0 Å². The first-order valence-electron chi connectivity index (χ1n) is 6.43. The van der Waals surface area contributed by atoms with Crippen LogP contribution in [0.15, 0.2) is 0 Å². The zero-order chi connectivity index (χ0) is 17.9. The first-order valence-corrected chi connectivity index (χ1v) is 11.7. The molecule has 0 aromatic heterocycles. The van der Waals surface area contributed by atoms with Gasteiger partial charge in [0.05, 0.1) is 0 Å². The van der Waals surface area contributed by atoms with Crippen LogP contribution in [0.2, 0.25) is 0 Å². The van der Waals surface area contributed by atoms with E-state index in [1.165, 1.54) is 32.1 Å². The van der Waals surface area contributed by atoms with Crippen molar-refractivity contribution in [1.29, 1.82) is 0 Å². The van der Waals surface area contributed by atoms with Crippen LogP contribution in [0.1, 0.15) is 59.3 Å². The Bertz CT molecular complexity index is 231. The first-order chi connectivity index (χ1) is 9.33. The minimum absolute atomic E-state index is 0.